The highest BCUT2D eigenvalue weighted by atomic mass is 16.5. The number of hydrogen-bond acceptors (Lipinski definition) is 4. The number of hydrogen-bond donors (Lipinski definition) is 1. The van der Waals surface area contributed by atoms with Gasteiger partial charge >= 0.3 is 0 Å². The maximum absolute atomic E-state index is 12.1. The smallest absolute Gasteiger partial charge is 0.255 e. The summed E-state index contributed by atoms with van der Waals surface area (Å²) in [5.41, 5.74) is 1.19. The van der Waals surface area contributed by atoms with Crippen LogP contribution < -0.4 is 14.8 Å². The lowest BCUT2D eigenvalue weighted by molar-refractivity contribution is 0.102. The Morgan fingerprint density at radius 3 is 2.29 bits per heavy atom. The Morgan fingerprint density at radius 1 is 1.10 bits per heavy atom. The van der Waals surface area contributed by atoms with Crippen molar-refractivity contribution in [2.75, 3.05) is 19.5 Å². The molecule has 0 aliphatic rings. The van der Waals surface area contributed by atoms with Gasteiger partial charge in [-0.25, -0.2) is 0 Å². The first kappa shape index (κ1) is 14.4. The normalized spacial score (nSPS) is 9.57. The van der Waals surface area contributed by atoms with Gasteiger partial charge in [0.15, 0.2) is 11.5 Å². The zero-order valence-corrected chi connectivity index (χ0v) is 11.7. The molecule has 1 N–H and O–H groups in total. The average Bonchev–Trinajstić information content (AvgIpc) is 2.55. The van der Waals surface area contributed by atoms with E-state index in [1.807, 2.05) is 12.1 Å². The van der Waals surface area contributed by atoms with Gasteiger partial charge < -0.3 is 14.8 Å². The summed E-state index contributed by atoms with van der Waals surface area (Å²) in [5, 5.41) is 11.9. The molecule has 106 valence electrons. The van der Waals surface area contributed by atoms with Crippen molar-refractivity contribution in [2.24, 2.45) is 0 Å². The number of carbonyl (C=O) groups excluding carboxylic acids is 1. The van der Waals surface area contributed by atoms with E-state index >= 15 is 0 Å². The van der Waals surface area contributed by atoms with E-state index < -0.39 is 0 Å². The van der Waals surface area contributed by atoms with E-state index in [9.17, 15) is 10.1 Å². The number of nitrogens with zero attached hydrogens (tertiary/aromatic N) is 1. The molecule has 0 unspecified atom stereocenters. The summed E-state index contributed by atoms with van der Waals surface area (Å²) in [7, 11) is 2.98. The quantitative estimate of drug-likeness (QED) is 0.936. The number of benzene rings is 2. The molecule has 0 bridgehead atoms. The third-order valence-electron chi connectivity index (χ3n) is 2.93. The molecule has 2 aromatic rings. The van der Waals surface area contributed by atoms with E-state index in [4.69, 9.17) is 9.47 Å². The van der Waals surface area contributed by atoms with Crippen molar-refractivity contribution in [1.29, 1.82) is 5.26 Å². The van der Waals surface area contributed by atoms with Gasteiger partial charge in [0, 0.05) is 17.7 Å². The van der Waals surface area contributed by atoms with Gasteiger partial charge in [-0.15, -0.1) is 0 Å². The van der Waals surface area contributed by atoms with Gasteiger partial charge in [0.1, 0.15) is 6.07 Å². The lowest BCUT2D eigenvalue weighted by Gasteiger charge is -2.12. The molecule has 0 aliphatic carbocycles. The summed E-state index contributed by atoms with van der Waals surface area (Å²) in [6.45, 7) is 0. The van der Waals surface area contributed by atoms with E-state index in [0.717, 1.165) is 0 Å². The van der Waals surface area contributed by atoms with Crippen LogP contribution in [0.4, 0.5) is 5.69 Å². The molecule has 2 rings (SSSR count). The molecule has 0 spiro atoms. The van der Waals surface area contributed by atoms with E-state index in [0.29, 0.717) is 28.3 Å². The minimum Gasteiger partial charge on any atom is -0.493 e. The molecule has 2 aromatic carbocycles. The standard InChI is InChI=1S/C16H14N2O3/c1-20-14-8-12(10-17)13(9-15(14)21-2)18-16(19)11-6-4-3-5-7-11/h3-9H,1-2H3,(H,18,19). The van der Waals surface area contributed by atoms with Gasteiger partial charge in [-0.3, -0.25) is 4.79 Å². The first-order chi connectivity index (χ1) is 10.2. The molecule has 0 aromatic heterocycles. The van der Waals surface area contributed by atoms with Crippen LogP contribution in [0.25, 0.3) is 0 Å². The van der Waals surface area contributed by atoms with Crippen molar-refractivity contribution in [2.45, 2.75) is 0 Å². The summed E-state index contributed by atoms with van der Waals surface area (Å²) >= 11 is 0. The molecule has 0 fully saturated rings. The third-order valence-corrected chi connectivity index (χ3v) is 2.93. The molecule has 5 nitrogen and oxygen atoms in total. The van der Waals surface area contributed by atoms with Gasteiger partial charge in [0.25, 0.3) is 5.91 Å². The second kappa shape index (κ2) is 6.44. The van der Waals surface area contributed by atoms with Gasteiger partial charge in [-0.1, -0.05) is 18.2 Å². The number of methoxy groups -OCH3 is 2. The fraction of sp³-hybridized carbons (Fsp3) is 0.125. The Morgan fingerprint density at radius 2 is 1.71 bits per heavy atom. The van der Waals surface area contributed by atoms with Crippen LogP contribution in [0.15, 0.2) is 42.5 Å². The van der Waals surface area contributed by atoms with Crippen molar-refractivity contribution in [3.63, 3.8) is 0 Å². The number of anilines is 1. The van der Waals surface area contributed by atoms with E-state index in [2.05, 4.69) is 5.32 Å². The van der Waals surface area contributed by atoms with Crippen molar-refractivity contribution < 1.29 is 14.3 Å². The second-order valence-corrected chi connectivity index (χ2v) is 4.18. The predicted molar refractivity (Wildman–Crippen MR) is 78.7 cm³/mol. The number of nitriles is 1. The maximum atomic E-state index is 12.1. The van der Waals surface area contributed by atoms with Gasteiger partial charge in [-0.2, -0.15) is 5.26 Å². The Labute approximate surface area is 122 Å². The second-order valence-electron chi connectivity index (χ2n) is 4.18. The third kappa shape index (κ3) is 3.12. The predicted octanol–water partition coefficient (Wildman–Crippen LogP) is 2.83. The molecular weight excluding hydrogens is 268 g/mol. The summed E-state index contributed by atoms with van der Waals surface area (Å²) in [6, 6.07) is 13.9. The van der Waals surface area contributed by atoms with Crippen LogP contribution in [0, 0.1) is 11.3 Å². The topological polar surface area (TPSA) is 71.3 Å². The van der Waals surface area contributed by atoms with Crippen LogP contribution >= 0.6 is 0 Å². The molecule has 0 aliphatic heterocycles. The minimum absolute atomic E-state index is 0.292. The highest BCUT2D eigenvalue weighted by Crippen LogP contribution is 2.33. The Hall–Kier alpha value is -3.00. The van der Waals surface area contributed by atoms with E-state index in [1.54, 1.807) is 30.3 Å². The average molecular weight is 282 g/mol. The van der Waals surface area contributed by atoms with Gasteiger partial charge in [0.2, 0.25) is 0 Å². The van der Waals surface area contributed by atoms with Crippen LogP contribution in [0.3, 0.4) is 0 Å². The van der Waals surface area contributed by atoms with Crippen LogP contribution in [0.5, 0.6) is 11.5 Å². The molecule has 1 amide bonds. The van der Waals surface area contributed by atoms with Crippen LogP contribution in [0.2, 0.25) is 0 Å². The maximum Gasteiger partial charge on any atom is 0.255 e. The summed E-state index contributed by atoms with van der Waals surface area (Å²) < 4.78 is 10.3. The van der Waals surface area contributed by atoms with Crippen molar-refractivity contribution in [1.82, 2.24) is 0 Å². The highest BCUT2D eigenvalue weighted by molar-refractivity contribution is 6.05. The zero-order chi connectivity index (χ0) is 15.2. The molecule has 0 radical (unpaired) electrons. The lowest BCUT2D eigenvalue weighted by atomic mass is 10.1. The van der Waals surface area contributed by atoms with Gasteiger partial charge in [-0.05, 0) is 12.1 Å². The van der Waals surface area contributed by atoms with Crippen molar-refractivity contribution in [3.8, 4) is 17.6 Å². The van der Waals surface area contributed by atoms with Gasteiger partial charge in [0.05, 0.1) is 25.5 Å². The number of amides is 1. The fourth-order valence-corrected chi connectivity index (χ4v) is 1.86. The lowest BCUT2D eigenvalue weighted by Crippen LogP contribution is -2.13. The number of ether oxygens (including phenoxy) is 2. The molecule has 5 heteroatoms. The summed E-state index contributed by atoms with van der Waals surface area (Å²) in [6.07, 6.45) is 0. The van der Waals surface area contributed by atoms with E-state index in [-0.39, 0.29) is 5.91 Å². The first-order valence-corrected chi connectivity index (χ1v) is 6.22. The van der Waals surface area contributed by atoms with Crippen molar-refractivity contribution >= 4 is 11.6 Å². The molecule has 0 atom stereocenters. The fourth-order valence-electron chi connectivity index (χ4n) is 1.86. The Balaban J connectivity index is 2.36. The summed E-state index contributed by atoms with van der Waals surface area (Å²) in [4.78, 5) is 12.1. The molecular formula is C16H14N2O3. The number of nitrogens with one attached hydrogen (secondary N) is 1. The molecule has 0 saturated heterocycles. The van der Waals surface area contributed by atoms with E-state index in [1.165, 1.54) is 20.3 Å². The van der Waals surface area contributed by atoms with Crippen LogP contribution in [0.1, 0.15) is 15.9 Å². The van der Waals surface area contributed by atoms with Crippen molar-refractivity contribution in [3.05, 3.63) is 53.6 Å². The van der Waals surface area contributed by atoms with Crippen LogP contribution in [-0.4, -0.2) is 20.1 Å². The molecule has 0 saturated carbocycles. The molecule has 21 heavy (non-hydrogen) atoms. The summed E-state index contributed by atoms with van der Waals surface area (Å²) in [5.74, 6) is 0.589. The Bertz CT molecular complexity index is 691. The first-order valence-electron chi connectivity index (χ1n) is 6.22. The largest absolute Gasteiger partial charge is 0.493 e. The minimum atomic E-state index is -0.292. The Kier molecular flexibility index (Phi) is 4.42. The SMILES string of the molecule is COc1cc(C#N)c(NC(=O)c2ccccc2)cc1OC. The molecule has 0 heterocycles. The number of rotatable bonds is 4. The van der Waals surface area contributed by atoms with Crippen LogP contribution in [-0.2, 0) is 0 Å². The monoisotopic (exact) mass is 282 g/mol. The number of carbonyl (C=O) groups is 1. The highest BCUT2D eigenvalue weighted by Gasteiger charge is 2.14. The zero-order valence-electron chi connectivity index (χ0n) is 11.7.